The van der Waals surface area contributed by atoms with Crippen LogP contribution < -0.4 is 5.32 Å². The second-order valence-corrected chi connectivity index (χ2v) is 7.36. The molecule has 21 heavy (non-hydrogen) atoms. The van der Waals surface area contributed by atoms with Crippen molar-refractivity contribution in [1.29, 1.82) is 0 Å². The van der Waals surface area contributed by atoms with Crippen LogP contribution in [0.1, 0.15) is 22.9 Å². The largest absolute Gasteiger partial charge is 0.304 e. The van der Waals surface area contributed by atoms with Crippen LogP contribution >= 0.6 is 23.1 Å². The minimum atomic E-state index is -0.0736. The maximum atomic E-state index is 11.4. The first-order chi connectivity index (χ1) is 10.1. The maximum absolute atomic E-state index is 11.4. The highest BCUT2D eigenvalue weighted by Crippen LogP contribution is 2.27. The molecule has 1 aromatic heterocycles. The van der Waals surface area contributed by atoms with E-state index in [4.69, 9.17) is 0 Å². The predicted molar refractivity (Wildman–Crippen MR) is 88.4 cm³/mol. The molecule has 2 aromatic rings. The molecule has 0 spiro atoms. The number of aromatic nitrogens is 1. The SMILES string of the molecule is Cc1cccc(Cc2cnc(/N=C3/NC(=O)C(C)S3)s2)c1. The minimum Gasteiger partial charge on any atom is -0.304 e. The van der Waals surface area contributed by atoms with E-state index in [1.807, 2.05) is 13.1 Å². The van der Waals surface area contributed by atoms with Crippen molar-refractivity contribution in [1.82, 2.24) is 10.3 Å². The van der Waals surface area contributed by atoms with E-state index in [0.717, 1.165) is 6.42 Å². The van der Waals surface area contributed by atoms with Gasteiger partial charge < -0.3 is 5.32 Å². The van der Waals surface area contributed by atoms with Gasteiger partial charge in [0.1, 0.15) is 0 Å². The number of benzene rings is 1. The fourth-order valence-electron chi connectivity index (χ4n) is 2.05. The molecule has 4 nitrogen and oxygen atoms in total. The van der Waals surface area contributed by atoms with Gasteiger partial charge in [0, 0.05) is 17.5 Å². The third kappa shape index (κ3) is 3.51. The zero-order valence-electron chi connectivity index (χ0n) is 11.8. The molecule has 1 aliphatic rings. The molecule has 0 aliphatic carbocycles. The standard InChI is InChI=1S/C15H15N3OS2/c1-9-4-3-5-11(6-9)7-12-8-16-14(21-12)18-15-17-13(19)10(2)20-15/h3-6,8,10H,7H2,1-2H3,(H,16,17,18,19). The number of thioether (sulfide) groups is 1. The van der Waals surface area contributed by atoms with Crippen LogP contribution in [0.2, 0.25) is 0 Å². The van der Waals surface area contributed by atoms with E-state index in [0.29, 0.717) is 10.3 Å². The van der Waals surface area contributed by atoms with Gasteiger partial charge in [0.15, 0.2) is 5.17 Å². The predicted octanol–water partition coefficient (Wildman–Crippen LogP) is 3.28. The third-order valence-corrected chi connectivity index (χ3v) is 4.96. The molecule has 1 saturated heterocycles. The van der Waals surface area contributed by atoms with Crippen LogP contribution in [0.15, 0.2) is 35.5 Å². The summed E-state index contributed by atoms with van der Waals surface area (Å²) in [5, 5.41) is 4.02. The molecule has 6 heteroatoms. The molecule has 1 amide bonds. The number of aliphatic imine (C=N–C) groups is 1. The Bertz CT molecular complexity index is 708. The zero-order valence-corrected chi connectivity index (χ0v) is 13.4. The van der Waals surface area contributed by atoms with Crippen LogP contribution in [0.3, 0.4) is 0 Å². The number of carbonyl (C=O) groups excluding carboxylic acids is 1. The maximum Gasteiger partial charge on any atom is 0.239 e. The van der Waals surface area contributed by atoms with Crippen molar-refractivity contribution in [2.75, 3.05) is 0 Å². The Morgan fingerprint density at radius 1 is 1.43 bits per heavy atom. The Hall–Kier alpha value is -1.66. The van der Waals surface area contributed by atoms with Gasteiger partial charge >= 0.3 is 0 Å². The molecule has 1 atom stereocenters. The monoisotopic (exact) mass is 317 g/mol. The highest BCUT2D eigenvalue weighted by Gasteiger charge is 2.25. The van der Waals surface area contributed by atoms with Crippen molar-refractivity contribution < 1.29 is 4.79 Å². The highest BCUT2D eigenvalue weighted by atomic mass is 32.2. The lowest BCUT2D eigenvalue weighted by molar-refractivity contribution is -0.118. The van der Waals surface area contributed by atoms with Crippen molar-refractivity contribution in [3.63, 3.8) is 0 Å². The summed E-state index contributed by atoms with van der Waals surface area (Å²) >= 11 is 3.00. The topological polar surface area (TPSA) is 54.4 Å². The van der Waals surface area contributed by atoms with Gasteiger partial charge in [-0.15, -0.1) is 0 Å². The molecule has 0 radical (unpaired) electrons. The summed E-state index contributed by atoms with van der Waals surface area (Å²) in [5.74, 6) is 0.00953. The lowest BCUT2D eigenvalue weighted by atomic mass is 10.1. The van der Waals surface area contributed by atoms with E-state index < -0.39 is 0 Å². The van der Waals surface area contributed by atoms with E-state index in [-0.39, 0.29) is 11.2 Å². The lowest BCUT2D eigenvalue weighted by Crippen LogP contribution is -2.23. The average Bonchev–Trinajstić information content (AvgIpc) is 2.98. The fourth-order valence-corrected chi connectivity index (χ4v) is 3.73. The van der Waals surface area contributed by atoms with Gasteiger partial charge in [-0.1, -0.05) is 52.9 Å². The first kappa shape index (κ1) is 14.3. The first-order valence-corrected chi connectivity index (χ1v) is 8.36. The van der Waals surface area contributed by atoms with Crippen LogP contribution in [-0.4, -0.2) is 21.3 Å². The second kappa shape index (κ2) is 5.99. The number of aryl methyl sites for hydroxylation is 1. The molecule has 1 unspecified atom stereocenters. The summed E-state index contributed by atoms with van der Waals surface area (Å²) in [6, 6.07) is 8.46. The Balaban J connectivity index is 1.72. The number of amidine groups is 1. The molecular formula is C15H15N3OS2. The normalized spacial score (nSPS) is 20.0. The molecule has 1 aromatic carbocycles. The number of amides is 1. The van der Waals surface area contributed by atoms with Gasteiger partial charge in [0.25, 0.3) is 0 Å². The van der Waals surface area contributed by atoms with Gasteiger partial charge in [-0.3, -0.25) is 4.79 Å². The van der Waals surface area contributed by atoms with E-state index in [1.54, 1.807) is 11.3 Å². The summed E-state index contributed by atoms with van der Waals surface area (Å²) in [6.45, 7) is 3.96. The lowest BCUT2D eigenvalue weighted by Gasteiger charge is -1.99. The number of carbonyl (C=O) groups is 1. The van der Waals surface area contributed by atoms with Crippen molar-refractivity contribution >= 4 is 39.3 Å². The first-order valence-electron chi connectivity index (χ1n) is 6.66. The summed E-state index contributed by atoms with van der Waals surface area (Å²) in [5.41, 5.74) is 2.53. The molecule has 108 valence electrons. The quantitative estimate of drug-likeness (QED) is 0.945. The van der Waals surface area contributed by atoms with Crippen LogP contribution in [0.25, 0.3) is 0 Å². The minimum absolute atomic E-state index is 0.00953. The smallest absolute Gasteiger partial charge is 0.239 e. The number of thiazole rings is 1. The van der Waals surface area contributed by atoms with E-state index >= 15 is 0 Å². The Morgan fingerprint density at radius 2 is 2.29 bits per heavy atom. The molecule has 0 saturated carbocycles. The van der Waals surface area contributed by atoms with E-state index in [9.17, 15) is 4.79 Å². The van der Waals surface area contributed by atoms with Crippen LogP contribution in [-0.2, 0) is 11.2 Å². The average molecular weight is 317 g/mol. The van der Waals surface area contributed by atoms with E-state index in [2.05, 4.69) is 46.5 Å². The number of rotatable bonds is 3. The van der Waals surface area contributed by atoms with Crippen molar-refractivity contribution in [2.24, 2.45) is 4.99 Å². The molecule has 3 rings (SSSR count). The molecule has 0 bridgehead atoms. The molecular weight excluding hydrogens is 302 g/mol. The number of nitrogens with one attached hydrogen (secondary N) is 1. The number of hydrogen-bond acceptors (Lipinski definition) is 5. The summed E-state index contributed by atoms with van der Waals surface area (Å²) in [7, 11) is 0. The van der Waals surface area contributed by atoms with Crippen LogP contribution in [0.5, 0.6) is 0 Å². The summed E-state index contributed by atoms with van der Waals surface area (Å²) < 4.78 is 0. The van der Waals surface area contributed by atoms with Crippen LogP contribution in [0, 0.1) is 6.92 Å². The second-order valence-electron chi connectivity index (χ2n) is 4.94. The van der Waals surface area contributed by atoms with Gasteiger partial charge in [0.2, 0.25) is 11.0 Å². The highest BCUT2D eigenvalue weighted by molar-refractivity contribution is 8.15. The summed E-state index contributed by atoms with van der Waals surface area (Å²) in [6.07, 6.45) is 2.72. The number of hydrogen-bond donors (Lipinski definition) is 1. The molecule has 1 aliphatic heterocycles. The van der Waals surface area contributed by atoms with Crippen LogP contribution in [0.4, 0.5) is 5.13 Å². The Labute approximate surface area is 131 Å². The number of nitrogens with zero attached hydrogens (tertiary/aromatic N) is 2. The third-order valence-electron chi connectivity index (χ3n) is 3.09. The van der Waals surface area contributed by atoms with Gasteiger partial charge in [-0.05, 0) is 19.4 Å². The molecule has 1 fully saturated rings. The van der Waals surface area contributed by atoms with Crippen molar-refractivity contribution in [2.45, 2.75) is 25.5 Å². The van der Waals surface area contributed by atoms with Gasteiger partial charge in [-0.25, -0.2) is 4.98 Å². The molecule has 1 N–H and O–H groups in total. The van der Waals surface area contributed by atoms with Crippen molar-refractivity contribution in [3.05, 3.63) is 46.5 Å². The van der Waals surface area contributed by atoms with Gasteiger partial charge in [-0.2, -0.15) is 4.99 Å². The molecule has 2 heterocycles. The summed E-state index contributed by atoms with van der Waals surface area (Å²) in [4.78, 5) is 21.3. The Morgan fingerprint density at radius 3 is 3.00 bits per heavy atom. The van der Waals surface area contributed by atoms with Gasteiger partial charge in [0.05, 0.1) is 5.25 Å². The Kier molecular flexibility index (Phi) is 4.07. The fraction of sp³-hybridized carbons (Fsp3) is 0.267. The van der Waals surface area contributed by atoms with Crippen molar-refractivity contribution in [3.8, 4) is 0 Å². The zero-order chi connectivity index (χ0) is 14.8. The van der Waals surface area contributed by atoms with E-state index in [1.165, 1.54) is 27.8 Å².